The number of ether oxygens (including phenoxy) is 1. The second kappa shape index (κ2) is 5.43. The number of hydrogen-bond donors (Lipinski definition) is 0. The Balaban J connectivity index is 1.74. The molecule has 1 heterocycles. The van der Waals surface area contributed by atoms with Gasteiger partial charge in [-0.2, -0.15) is 8.42 Å². The molecule has 1 saturated carbocycles. The number of rotatable bonds is 5. The minimum Gasteiger partial charge on any atom is -0.366 e. The van der Waals surface area contributed by atoms with Gasteiger partial charge >= 0.3 is 0 Å². The third kappa shape index (κ3) is 3.23. The molecule has 0 bridgehead atoms. The van der Waals surface area contributed by atoms with E-state index >= 15 is 0 Å². The van der Waals surface area contributed by atoms with Gasteiger partial charge in [0.25, 0.3) is 10.1 Å². The highest BCUT2D eigenvalue weighted by molar-refractivity contribution is 7.86. The van der Waals surface area contributed by atoms with E-state index in [0.717, 1.165) is 24.8 Å². The first-order valence-electron chi connectivity index (χ1n) is 8.02. The molecular weight excluding hydrogens is 312 g/mol. The molecule has 0 aromatic heterocycles. The van der Waals surface area contributed by atoms with Gasteiger partial charge in [0, 0.05) is 0 Å². The fourth-order valence-corrected chi connectivity index (χ4v) is 4.71. The highest BCUT2D eigenvalue weighted by Gasteiger charge is 2.57. The van der Waals surface area contributed by atoms with E-state index in [1.807, 2.05) is 13.8 Å². The Labute approximate surface area is 138 Å². The van der Waals surface area contributed by atoms with Crippen LogP contribution in [0.15, 0.2) is 35.7 Å². The fourth-order valence-electron chi connectivity index (χ4n) is 3.45. The SMILES string of the molecule is C=Cc1ccc(S(=O)(=O)OC(C)(C)C2CCC3(C)OC3C2)cc1. The zero-order chi connectivity index (χ0) is 16.9. The Morgan fingerprint density at radius 1 is 1.35 bits per heavy atom. The van der Waals surface area contributed by atoms with Crippen LogP contribution in [0.5, 0.6) is 0 Å². The summed E-state index contributed by atoms with van der Waals surface area (Å²) in [5.41, 5.74) is 0.149. The summed E-state index contributed by atoms with van der Waals surface area (Å²) < 4.78 is 36.5. The molecule has 0 radical (unpaired) electrons. The first-order valence-corrected chi connectivity index (χ1v) is 9.43. The van der Waals surface area contributed by atoms with Crippen molar-refractivity contribution in [2.24, 2.45) is 5.92 Å². The van der Waals surface area contributed by atoms with Crippen LogP contribution in [0.1, 0.15) is 45.6 Å². The minimum absolute atomic E-state index is 0.0198. The van der Waals surface area contributed by atoms with Crippen molar-refractivity contribution in [2.75, 3.05) is 0 Å². The molecule has 1 aliphatic carbocycles. The van der Waals surface area contributed by atoms with Gasteiger partial charge in [-0.15, -0.1) is 0 Å². The maximum atomic E-state index is 12.6. The van der Waals surface area contributed by atoms with Crippen molar-refractivity contribution < 1.29 is 17.3 Å². The van der Waals surface area contributed by atoms with Gasteiger partial charge < -0.3 is 4.74 Å². The molecule has 4 nitrogen and oxygen atoms in total. The third-order valence-electron chi connectivity index (χ3n) is 5.24. The molecular formula is C18H24O4S. The van der Waals surface area contributed by atoms with Crippen LogP contribution in [-0.4, -0.2) is 25.7 Å². The molecule has 0 amide bonds. The van der Waals surface area contributed by atoms with Gasteiger partial charge in [-0.05, 0) is 63.6 Å². The first-order chi connectivity index (χ1) is 10.7. The average Bonchev–Trinajstić information content (AvgIpc) is 3.16. The van der Waals surface area contributed by atoms with Crippen LogP contribution in [0.2, 0.25) is 0 Å². The Morgan fingerprint density at radius 2 is 2.00 bits per heavy atom. The van der Waals surface area contributed by atoms with Gasteiger partial charge in [-0.1, -0.05) is 24.8 Å². The zero-order valence-electron chi connectivity index (χ0n) is 13.9. The quantitative estimate of drug-likeness (QED) is 0.607. The highest BCUT2D eigenvalue weighted by atomic mass is 32.2. The molecule has 126 valence electrons. The Kier molecular flexibility index (Phi) is 3.94. The monoisotopic (exact) mass is 336 g/mol. The molecule has 1 saturated heterocycles. The van der Waals surface area contributed by atoms with Crippen LogP contribution < -0.4 is 0 Å². The second-order valence-corrected chi connectivity index (χ2v) is 8.85. The average molecular weight is 336 g/mol. The standard InChI is InChI=1S/C18H24O4S/c1-5-13-6-8-15(9-7-13)23(19,20)22-17(2,3)14-10-11-18(4)16(12-14)21-18/h5-9,14,16H,1,10-12H2,2-4H3. The number of benzene rings is 1. The smallest absolute Gasteiger partial charge is 0.297 e. The first kappa shape index (κ1) is 16.7. The van der Waals surface area contributed by atoms with Gasteiger partial charge in [0.05, 0.1) is 22.2 Å². The van der Waals surface area contributed by atoms with E-state index in [0.29, 0.717) is 0 Å². The Bertz CT molecular complexity index is 705. The lowest BCUT2D eigenvalue weighted by Crippen LogP contribution is -2.40. The maximum Gasteiger partial charge on any atom is 0.297 e. The molecule has 1 aromatic carbocycles. The molecule has 1 aromatic rings. The zero-order valence-corrected chi connectivity index (χ0v) is 14.7. The van der Waals surface area contributed by atoms with Crippen molar-refractivity contribution >= 4 is 16.2 Å². The molecule has 3 unspecified atom stereocenters. The van der Waals surface area contributed by atoms with Crippen LogP contribution >= 0.6 is 0 Å². The number of fused-ring (bicyclic) bond motifs is 1. The Hall–Kier alpha value is -1.17. The van der Waals surface area contributed by atoms with E-state index < -0.39 is 15.7 Å². The molecule has 23 heavy (non-hydrogen) atoms. The summed E-state index contributed by atoms with van der Waals surface area (Å²) >= 11 is 0. The molecule has 3 atom stereocenters. The fraction of sp³-hybridized carbons (Fsp3) is 0.556. The van der Waals surface area contributed by atoms with Crippen LogP contribution in [0.4, 0.5) is 0 Å². The predicted molar refractivity (Wildman–Crippen MR) is 89.5 cm³/mol. The number of hydrogen-bond acceptors (Lipinski definition) is 4. The molecule has 5 heteroatoms. The van der Waals surface area contributed by atoms with Gasteiger partial charge in [-0.25, -0.2) is 0 Å². The van der Waals surface area contributed by atoms with Crippen molar-refractivity contribution in [3.63, 3.8) is 0 Å². The molecule has 3 rings (SSSR count). The van der Waals surface area contributed by atoms with Crippen molar-refractivity contribution in [3.05, 3.63) is 36.4 Å². The van der Waals surface area contributed by atoms with Gasteiger partial charge in [0.2, 0.25) is 0 Å². The summed E-state index contributed by atoms with van der Waals surface area (Å²) in [6.07, 6.45) is 4.66. The summed E-state index contributed by atoms with van der Waals surface area (Å²) in [4.78, 5) is 0.180. The molecule has 2 aliphatic rings. The summed E-state index contributed by atoms with van der Waals surface area (Å²) in [5.74, 6) is 0.172. The molecule has 2 fully saturated rings. The van der Waals surface area contributed by atoms with Gasteiger partial charge in [0.1, 0.15) is 0 Å². The maximum absolute atomic E-state index is 12.6. The summed E-state index contributed by atoms with van der Waals surface area (Å²) in [6, 6.07) is 6.56. The lowest BCUT2D eigenvalue weighted by atomic mass is 9.75. The van der Waals surface area contributed by atoms with Crippen LogP contribution in [-0.2, 0) is 19.0 Å². The van der Waals surface area contributed by atoms with Crippen LogP contribution in [0.3, 0.4) is 0 Å². The highest BCUT2D eigenvalue weighted by Crippen LogP contribution is 2.52. The van der Waals surface area contributed by atoms with E-state index in [1.165, 1.54) is 0 Å². The topological polar surface area (TPSA) is 55.9 Å². The molecule has 1 aliphatic heterocycles. The lowest BCUT2D eigenvalue weighted by Gasteiger charge is -2.36. The van der Waals surface area contributed by atoms with Crippen LogP contribution in [0.25, 0.3) is 6.08 Å². The minimum atomic E-state index is -3.79. The van der Waals surface area contributed by atoms with E-state index in [-0.39, 0.29) is 22.5 Å². The van der Waals surface area contributed by atoms with E-state index in [9.17, 15) is 8.42 Å². The predicted octanol–water partition coefficient (Wildman–Crippen LogP) is 3.77. The normalized spacial score (nSPS) is 30.6. The Morgan fingerprint density at radius 3 is 2.57 bits per heavy atom. The van der Waals surface area contributed by atoms with Gasteiger partial charge in [-0.3, -0.25) is 4.18 Å². The summed E-state index contributed by atoms with van der Waals surface area (Å²) in [6.45, 7) is 9.51. The van der Waals surface area contributed by atoms with E-state index in [2.05, 4.69) is 13.5 Å². The summed E-state index contributed by atoms with van der Waals surface area (Å²) in [5, 5.41) is 0. The van der Waals surface area contributed by atoms with Crippen molar-refractivity contribution in [2.45, 2.75) is 62.2 Å². The number of epoxide rings is 1. The lowest BCUT2D eigenvalue weighted by molar-refractivity contribution is 0.0327. The van der Waals surface area contributed by atoms with E-state index in [1.54, 1.807) is 30.3 Å². The second-order valence-electron chi connectivity index (χ2n) is 7.30. The molecule has 0 N–H and O–H groups in total. The van der Waals surface area contributed by atoms with Crippen LogP contribution in [0, 0.1) is 5.92 Å². The van der Waals surface area contributed by atoms with Crippen molar-refractivity contribution in [3.8, 4) is 0 Å². The van der Waals surface area contributed by atoms with E-state index in [4.69, 9.17) is 8.92 Å². The van der Waals surface area contributed by atoms with Gasteiger partial charge in [0.15, 0.2) is 0 Å². The van der Waals surface area contributed by atoms with Crippen molar-refractivity contribution in [1.29, 1.82) is 0 Å². The largest absolute Gasteiger partial charge is 0.366 e. The summed E-state index contributed by atoms with van der Waals surface area (Å²) in [7, 11) is -3.79. The van der Waals surface area contributed by atoms with Crippen molar-refractivity contribution in [1.82, 2.24) is 0 Å². The third-order valence-corrected chi connectivity index (χ3v) is 6.73. The molecule has 0 spiro atoms.